The molecule has 0 aliphatic carbocycles. The summed E-state index contributed by atoms with van der Waals surface area (Å²) in [6, 6.07) is -0.246. The van der Waals surface area contributed by atoms with Crippen LogP contribution in [0.1, 0.15) is 34.6 Å². The molecule has 1 atom stereocenters. The van der Waals surface area contributed by atoms with Gasteiger partial charge in [-0.3, -0.25) is 0 Å². The summed E-state index contributed by atoms with van der Waals surface area (Å²) in [5.41, 5.74) is -0.532. The fraction of sp³-hybridized carbons (Fsp3) is 0.692. The van der Waals surface area contributed by atoms with Crippen molar-refractivity contribution >= 4 is 12.1 Å². The van der Waals surface area contributed by atoms with E-state index in [0.29, 0.717) is 6.61 Å². The first-order valence-corrected chi connectivity index (χ1v) is 5.98. The number of hydrogen-bond donors (Lipinski definition) is 0. The van der Waals surface area contributed by atoms with Crippen molar-refractivity contribution in [3.63, 3.8) is 0 Å². The van der Waals surface area contributed by atoms with Crippen LogP contribution in [0.5, 0.6) is 0 Å². The molecule has 0 radical (unpaired) electrons. The number of hydrogen-bond acceptors (Lipinski definition) is 4. The van der Waals surface area contributed by atoms with Gasteiger partial charge >= 0.3 is 12.1 Å². The molecule has 5 nitrogen and oxygen atoms in total. The van der Waals surface area contributed by atoms with E-state index < -0.39 is 17.7 Å². The molecule has 0 aromatic carbocycles. The number of ether oxygens (including phenoxy) is 2. The second-order valence-corrected chi connectivity index (χ2v) is 4.94. The Kier molecular flexibility index (Phi) is 6.44. The molecule has 0 aliphatic rings. The normalized spacial score (nSPS) is 13.2. The van der Waals surface area contributed by atoms with E-state index in [0.717, 1.165) is 0 Å². The van der Waals surface area contributed by atoms with E-state index >= 15 is 0 Å². The molecule has 0 aromatic rings. The Balaban J connectivity index is 4.38. The van der Waals surface area contributed by atoms with E-state index in [4.69, 9.17) is 9.47 Å². The monoisotopic (exact) mass is 257 g/mol. The maximum Gasteiger partial charge on any atom is 0.410 e. The number of nitrogens with zero attached hydrogens (tertiary/aromatic N) is 1. The molecule has 0 heterocycles. The lowest BCUT2D eigenvalue weighted by atomic mass is 10.2. The van der Waals surface area contributed by atoms with Gasteiger partial charge in [0.15, 0.2) is 0 Å². The van der Waals surface area contributed by atoms with Gasteiger partial charge in [-0.2, -0.15) is 0 Å². The molecule has 0 rings (SSSR count). The minimum absolute atomic E-state index is 0.246. The number of carbonyl (C=O) groups excluding carboxylic acids is 2. The van der Waals surface area contributed by atoms with E-state index in [-0.39, 0.29) is 6.04 Å². The zero-order valence-corrected chi connectivity index (χ0v) is 12.0. The third kappa shape index (κ3) is 6.93. The first-order chi connectivity index (χ1) is 8.17. The number of carbonyl (C=O) groups is 2. The summed E-state index contributed by atoms with van der Waals surface area (Å²) in [6.07, 6.45) is 2.49. The van der Waals surface area contributed by atoms with Gasteiger partial charge in [0, 0.05) is 13.1 Å². The molecule has 0 aromatic heterocycles. The molecule has 0 fully saturated rings. The van der Waals surface area contributed by atoms with E-state index in [1.54, 1.807) is 47.7 Å². The maximum atomic E-state index is 11.7. The molecular formula is C13H23NO4. The summed E-state index contributed by atoms with van der Waals surface area (Å²) in [4.78, 5) is 24.3. The molecule has 0 unspecified atom stereocenters. The summed E-state index contributed by atoms with van der Waals surface area (Å²) in [7, 11) is 1.62. The SMILES string of the molecule is CCOC(=O)/C=C/[C@H](C)N(C)C(=O)OC(C)(C)C. The van der Waals surface area contributed by atoms with Crippen LogP contribution in [0.4, 0.5) is 4.79 Å². The second-order valence-electron chi connectivity index (χ2n) is 4.94. The van der Waals surface area contributed by atoms with Crippen LogP contribution in [0.3, 0.4) is 0 Å². The van der Waals surface area contributed by atoms with Gasteiger partial charge in [0.2, 0.25) is 0 Å². The standard InChI is InChI=1S/C13H23NO4/c1-7-17-11(15)9-8-10(2)14(6)12(16)18-13(3,4)5/h8-10H,7H2,1-6H3/b9-8+/t10-/m0/s1. The number of likely N-dealkylation sites (N-methyl/N-ethyl adjacent to an activating group) is 1. The van der Waals surface area contributed by atoms with Crippen molar-refractivity contribution in [3.8, 4) is 0 Å². The van der Waals surface area contributed by atoms with Gasteiger partial charge in [0.1, 0.15) is 5.60 Å². The van der Waals surface area contributed by atoms with Gasteiger partial charge in [0.25, 0.3) is 0 Å². The lowest BCUT2D eigenvalue weighted by molar-refractivity contribution is -0.137. The highest BCUT2D eigenvalue weighted by Gasteiger charge is 2.21. The molecule has 18 heavy (non-hydrogen) atoms. The topological polar surface area (TPSA) is 55.8 Å². The Morgan fingerprint density at radius 1 is 1.33 bits per heavy atom. The zero-order chi connectivity index (χ0) is 14.3. The summed E-state index contributed by atoms with van der Waals surface area (Å²) >= 11 is 0. The van der Waals surface area contributed by atoms with Crippen LogP contribution in [0.15, 0.2) is 12.2 Å². The maximum absolute atomic E-state index is 11.7. The summed E-state index contributed by atoms with van der Waals surface area (Å²) < 4.78 is 9.96. The van der Waals surface area contributed by atoms with Gasteiger partial charge < -0.3 is 14.4 Å². The van der Waals surface area contributed by atoms with Crippen molar-refractivity contribution in [1.82, 2.24) is 4.90 Å². The van der Waals surface area contributed by atoms with Crippen LogP contribution < -0.4 is 0 Å². The largest absolute Gasteiger partial charge is 0.463 e. The van der Waals surface area contributed by atoms with Gasteiger partial charge in [-0.05, 0) is 34.6 Å². The fourth-order valence-electron chi connectivity index (χ4n) is 1.04. The second kappa shape index (κ2) is 7.03. The third-order valence-electron chi connectivity index (χ3n) is 2.09. The lowest BCUT2D eigenvalue weighted by Gasteiger charge is -2.27. The average molecular weight is 257 g/mol. The average Bonchev–Trinajstić information content (AvgIpc) is 2.22. The van der Waals surface area contributed by atoms with Crippen molar-refractivity contribution in [1.29, 1.82) is 0 Å². The number of esters is 1. The third-order valence-corrected chi connectivity index (χ3v) is 2.09. The Morgan fingerprint density at radius 3 is 2.33 bits per heavy atom. The summed E-state index contributed by atoms with van der Waals surface area (Å²) in [5, 5.41) is 0. The predicted molar refractivity (Wildman–Crippen MR) is 69.2 cm³/mol. The van der Waals surface area contributed by atoms with E-state index in [9.17, 15) is 9.59 Å². The first-order valence-electron chi connectivity index (χ1n) is 5.98. The van der Waals surface area contributed by atoms with Crippen LogP contribution >= 0.6 is 0 Å². The Labute approximate surface area is 109 Å². The van der Waals surface area contributed by atoms with Crippen LogP contribution in [0, 0.1) is 0 Å². The van der Waals surface area contributed by atoms with Gasteiger partial charge in [-0.25, -0.2) is 9.59 Å². The van der Waals surface area contributed by atoms with E-state index in [1.807, 2.05) is 0 Å². The molecule has 5 heteroatoms. The minimum atomic E-state index is -0.532. The number of rotatable bonds is 4. The van der Waals surface area contributed by atoms with Crippen molar-refractivity contribution in [2.24, 2.45) is 0 Å². The van der Waals surface area contributed by atoms with Crippen molar-refractivity contribution in [3.05, 3.63) is 12.2 Å². The smallest absolute Gasteiger partial charge is 0.410 e. The van der Waals surface area contributed by atoms with Gasteiger partial charge in [-0.15, -0.1) is 0 Å². The predicted octanol–water partition coefficient (Wildman–Crippen LogP) is 2.36. The first kappa shape index (κ1) is 16.5. The Morgan fingerprint density at radius 2 is 1.89 bits per heavy atom. The van der Waals surface area contributed by atoms with Crippen molar-refractivity contribution in [2.75, 3.05) is 13.7 Å². The molecule has 0 N–H and O–H groups in total. The quantitative estimate of drug-likeness (QED) is 0.573. The molecule has 0 bridgehead atoms. The van der Waals surface area contributed by atoms with Crippen molar-refractivity contribution < 1.29 is 19.1 Å². The van der Waals surface area contributed by atoms with E-state index in [1.165, 1.54) is 11.0 Å². The number of amides is 1. The lowest BCUT2D eigenvalue weighted by Crippen LogP contribution is -2.38. The summed E-state index contributed by atoms with van der Waals surface area (Å²) in [6.45, 7) is 9.27. The molecule has 0 saturated heterocycles. The molecular weight excluding hydrogens is 234 g/mol. The Bertz CT molecular complexity index is 317. The van der Waals surface area contributed by atoms with Gasteiger partial charge in [0.05, 0.1) is 12.6 Å². The highest BCUT2D eigenvalue weighted by atomic mass is 16.6. The van der Waals surface area contributed by atoms with E-state index in [2.05, 4.69) is 0 Å². The molecule has 1 amide bonds. The molecule has 0 saturated carbocycles. The minimum Gasteiger partial charge on any atom is -0.463 e. The van der Waals surface area contributed by atoms with Crippen LogP contribution in [0.2, 0.25) is 0 Å². The van der Waals surface area contributed by atoms with Gasteiger partial charge in [-0.1, -0.05) is 6.08 Å². The van der Waals surface area contributed by atoms with Crippen LogP contribution in [0.25, 0.3) is 0 Å². The highest BCUT2D eigenvalue weighted by Crippen LogP contribution is 2.11. The van der Waals surface area contributed by atoms with Crippen LogP contribution in [-0.4, -0.2) is 42.3 Å². The Hall–Kier alpha value is -1.52. The molecule has 0 aliphatic heterocycles. The summed E-state index contributed by atoms with van der Waals surface area (Å²) in [5.74, 6) is -0.415. The molecule has 0 spiro atoms. The van der Waals surface area contributed by atoms with Crippen LogP contribution in [-0.2, 0) is 14.3 Å². The molecule has 104 valence electrons. The highest BCUT2D eigenvalue weighted by molar-refractivity contribution is 5.82. The fourth-order valence-corrected chi connectivity index (χ4v) is 1.04. The zero-order valence-electron chi connectivity index (χ0n) is 12.0. The van der Waals surface area contributed by atoms with Crippen molar-refractivity contribution in [2.45, 2.75) is 46.3 Å².